The van der Waals surface area contributed by atoms with Crippen molar-refractivity contribution in [3.05, 3.63) is 60.2 Å². The van der Waals surface area contributed by atoms with Crippen molar-refractivity contribution in [2.45, 2.75) is 26.2 Å². The van der Waals surface area contributed by atoms with Crippen molar-refractivity contribution in [1.29, 1.82) is 0 Å². The summed E-state index contributed by atoms with van der Waals surface area (Å²) < 4.78 is 0. The predicted molar refractivity (Wildman–Crippen MR) is 111 cm³/mol. The van der Waals surface area contributed by atoms with Crippen LogP contribution >= 0.6 is 11.8 Å². The molecule has 0 unspecified atom stereocenters. The van der Waals surface area contributed by atoms with E-state index in [1.165, 1.54) is 31.0 Å². The number of anilines is 1. The first-order chi connectivity index (χ1) is 12.7. The van der Waals surface area contributed by atoms with Gasteiger partial charge < -0.3 is 10.2 Å². The molecule has 1 amide bonds. The van der Waals surface area contributed by atoms with Crippen LogP contribution in [-0.4, -0.2) is 34.8 Å². The number of amides is 1. The van der Waals surface area contributed by atoms with Crippen LogP contribution in [0.5, 0.6) is 0 Å². The van der Waals surface area contributed by atoms with E-state index in [1.54, 1.807) is 0 Å². The molecule has 1 saturated heterocycles. The zero-order valence-corrected chi connectivity index (χ0v) is 16.0. The average molecular weight is 368 g/mol. The van der Waals surface area contributed by atoms with Gasteiger partial charge in [-0.05, 0) is 49.9 Å². The number of carbonyl (C=O) groups excluding carboxylic acids is 1. The minimum atomic E-state index is 0.00192. The number of likely N-dealkylation sites (tertiary alicyclic amines) is 1. The summed E-state index contributed by atoms with van der Waals surface area (Å²) in [5.74, 6) is 0.360. The Morgan fingerprint density at radius 1 is 1.04 bits per heavy atom. The van der Waals surface area contributed by atoms with Gasteiger partial charge in [0.05, 0.1) is 11.4 Å². The molecule has 2 aromatic rings. The second kappa shape index (κ2) is 9.43. The van der Waals surface area contributed by atoms with Crippen LogP contribution in [0.3, 0.4) is 0 Å². The summed E-state index contributed by atoms with van der Waals surface area (Å²) in [7, 11) is 0. The largest absolute Gasteiger partial charge is 0.351 e. The molecule has 0 spiro atoms. The second-order valence-electron chi connectivity index (χ2n) is 6.43. The molecule has 1 heterocycles. The quantitative estimate of drug-likeness (QED) is 0.621. The van der Waals surface area contributed by atoms with Crippen LogP contribution in [0.25, 0.3) is 0 Å². The lowest BCUT2D eigenvalue weighted by Crippen LogP contribution is -2.34. The molecule has 1 aliphatic rings. The Balaban J connectivity index is 1.66. The molecule has 136 valence electrons. The monoisotopic (exact) mass is 367 g/mol. The highest BCUT2D eigenvalue weighted by Gasteiger charge is 2.17. The number of hydrogen-bond acceptors (Lipinski definition) is 3. The normalized spacial score (nSPS) is 15.0. The van der Waals surface area contributed by atoms with Crippen molar-refractivity contribution < 1.29 is 4.79 Å². The molecule has 1 N–H and O–H groups in total. The van der Waals surface area contributed by atoms with Crippen molar-refractivity contribution in [3.8, 4) is 0 Å². The Morgan fingerprint density at radius 2 is 1.73 bits per heavy atom. The number of aryl methyl sites for hydroxylation is 1. The molecule has 4 nitrogen and oxygen atoms in total. The number of nitrogens with zero attached hydrogens (tertiary/aromatic N) is 2. The van der Waals surface area contributed by atoms with Crippen LogP contribution in [0.15, 0.2) is 59.6 Å². The number of carbonyl (C=O) groups is 1. The van der Waals surface area contributed by atoms with Crippen molar-refractivity contribution in [3.63, 3.8) is 0 Å². The summed E-state index contributed by atoms with van der Waals surface area (Å²) in [6.07, 6.45) is 3.64. The minimum Gasteiger partial charge on any atom is -0.351 e. The molecule has 3 rings (SSSR count). The maximum atomic E-state index is 12.4. The second-order valence-corrected chi connectivity index (χ2v) is 7.37. The van der Waals surface area contributed by atoms with Crippen LogP contribution in [0.2, 0.25) is 0 Å². The van der Waals surface area contributed by atoms with E-state index < -0.39 is 0 Å². The fourth-order valence-electron chi connectivity index (χ4n) is 2.92. The van der Waals surface area contributed by atoms with Crippen molar-refractivity contribution in [1.82, 2.24) is 4.90 Å². The molecular formula is C21H25N3OS. The number of benzene rings is 2. The average Bonchev–Trinajstić information content (AvgIpc) is 2.68. The van der Waals surface area contributed by atoms with Gasteiger partial charge in [0.25, 0.3) is 0 Å². The molecular weight excluding hydrogens is 342 g/mol. The summed E-state index contributed by atoms with van der Waals surface area (Å²) >= 11 is 1.52. The maximum Gasteiger partial charge on any atom is 0.234 e. The summed E-state index contributed by atoms with van der Waals surface area (Å²) in [5, 5.41) is 3.94. The Morgan fingerprint density at radius 3 is 2.46 bits per heavy atom. The summed E-state index contributed by atoms with van der Waals surface area (Å²) in [4.78, 5) is 19.5. The molecule has 0 aliphatic carbocycles. The van der Waals surface area contributed by atoms with E-state index >= 15 is 0 Å². The van der Waals surface area contributed by atoms with E-state index in [1.807, 2.05) is 61.5 Å². The van der Waals surface area contributed by atoms with Crippen molar-refractivity contribution in [2.24, 2.45) is 4.99 Å². The molecule has 0 bridgehead atoms. The Labute approximate surface area is 159 Å². The van der Waals surface area contributed by atoms with E-state index in [0.29, 0.717) is 5.75 Å². The molecule has 1 aliphatic heterocycles. The van der Waals surface area contributed by atoms with Gasteiger partial charge in [-0.3, -0.25) is 4.79 Å². The summed E-state index contributed by atoms with van der Waals surface area (Å²) in [5.41, 5.74) is 2.87. The van der Waals surface area contributed by atoms with E-state index in [9.17, 15) is 4.79 Å². The Hall–Kier alpha value is -2.27. The van der Waals surface area contributed by atoms with Gasteiger partial charge in [0, 0.05) is 18.8 Å². The number of thioether (sulfide) groups is 1. The minimum absolute atomic E-state index is 0.00192. The molecule has 2 aromatic carbocycles. The highest BCUT2D eigenvalue weighted by molar-refractivity contribution is 8.14. The van der Waals surface area contributed by atoms with Gasteiger partial charge >= 0.3 is 0 Å². The molecule has 0 atom stereocenters. The van der Waals surface area contributed by atoms with Gasteiger partial charge in [-0.25, -0.2) is 4.99 Å². The van der Waals surface area contributed by atoms with Gasteiger partial charge in [0.2, 0.25) is 5.91 Å². The predicted octanol–water partition coefficient (Wildman–Crippen LogP) is 4.84. The summed E-state index contributed by atoms with van der Waals surface area (Å²) in [6.45, 7) is 4.02. The smallest absolute Gasteiger partial charge is 0.234 e. The third kappa shape index (κ3) is 5.36. The number of aliphatic imine (C=N–C) groups is 1. The van der Waals surface area contributed by atoms with E-state index in [4.69, 9.17) is 4.99 Å². The van der Waals surface area contributed by atoms with E-state index in [2.05, 4.69) is 10.2 Å². The molecule has 0 saturated carbocycles. The van der Waals surface area contributed by atoms with Crippen molar-refractivity contribution in [2.75, 3.05) is 24.2 Å². The van der Waals surface area contributed by atoms with Crippen LogP contribution < -0.4 is 5.32 Å². The molecule has 26 heavy (non-hydrogen) atoms. The Bertz CT molecular complexity index is 755. The van der Waals surface area contributed by atoms with Gasteiger partial charge in [0.15, 0.2) is 5.17 Å². The van der Waals surface area contributed by atoms with Gasteiger partial charge in [-0.1, -0.05) is 48.2 Å². The zero-order chi connectivity index (χ0) is 18.2. The van der Waals surface area contributed by atoms with Crippen LogP contribution in [0, 0.1) is 6.92 Å². The highest BCUT2D eigenvalue weighted by Crippen LogP contribution is 2.21. The zero-order valence-electron chi connectivity index (χ0n) is 15.1. The SMILES string of the molecule is Cc1ccccc1NC(=O)CSC(=Nc1ccccc1)N1CCCCC1. The third-order valence-corrected chi connectivity index (χ3v) is 5.37. The molecule has 1 fully saturated rings. The Kier molecular flexibility index (Phi) is 6.72. The van der Waals surface area contributed by atoms with Crippen molar-refractivity contribution >= 4 is 34.2 Å². The van der Waals surface area contributed by atoms with Gasteiger partial charge in [-0.15, -0.1) is 0 Å². The van der Waals surface area contributed by atoms with Gasteiger partial charge in [-0.2, -0.15) is 0 Å². The molecule has 0 radical (unpaired) electrons. The number of nitrogens with one attached hydrogen (secondary N) is 1. The number of hydrogen-bond donors (Lipinski definition) is 1. The molecule has 0 aromatic heterocycles. The fraction of sp³-hybridized carbons (Fsp3) is 0.333. The lowest BCUT2D eigenvalue weighted by molar-refractivity contribution is -0.113. The number of para-hydroxylation sites is 2. The first kappa shape index (κ1) is 18.5. The van der Waals surface area contributed by atoms with E-state index in [0.717, 1.165) is 35.2 Å². The first-order valence-electron chi connectivity index (χ1n) is 9.09. The van der Waals surface area contributed by atoms with Crippen LogP contribution in [0.4, 0.5) is 11.4 Å². The fourth-order valence-corrected chi connectivity index (χ4v) is 3.79. The topological polar surface area (TPSA) is 44.7 Å². The number of amidine groups is 1. The lowest BCUT2D eigenvalue weighted by Gasteiger charge is -2.29. The number of rotatable bonds is 4. The van der Waals surface area contributed by atoms with E-state index in [-0.39, 0.29) is 5.91 Å². The highest BCUT2D eigenvalue weighted by atomic mass is 32.2. The number of piperidine rings is 1. The first-order valence-corrected chi connectivity index (χ1v) is 10.1. The summed E-state index contributed by atoms with van der Waals surface area (Å²) in [6, 6.07) is 17.8. The van der Waals surface area contributed by atoms with Gasteiger partial charge in [0.1, 0.15) is 0 Å². The van der Waals surface area contributed by atoms with Crippen LogP contribution in [-0.2, 0) is 4.79 Å². The standard InChI is InChI=1S/C21H25N3OS/c1-17-10-6-7-13-19(17)23-20(25)16-26-21(24-14-8-3-9-15-24)22-18-11-4-2-5-12-18/h2,4-7,10-13H,3,8-9,14-16H2,1H3,(H,23,25). The lowest BCUT2D eigenvalue weighted by atomic mass is 10.1. The maximum absolute atomic E-state index is 12.4. The van der Waals surface area contributed by atoms with Crippen LogP contribution in [0.1, 0.15) is 24.8 Å². The molecule has 5 heteroatoms. The third-order valence-electron chi connectivity index (χ3n) is 4.36.